The summed E-state index contributed by atoms with van der Waals surface area (Å²) in [4.78, 5) is 22.7. The lowest BCUT2D eigenvalue weighted by Crippen LogP contribution is -2.45. The van der Waals surface area contributed by atoms with E-state index in [1.807, 2.05) is 65.1 Å². The molecule has 0 radical (unpaired) electrons. The maximum Gasteiger partial charge on any atom is 0.193 e. The topological polar surface area (TPSA) is 45.7 Å². The minimum absolute atomic E-state index is 0. The van der Waals surface area contributed by atoms with Crippen LogP contribution in [-0.2, 0) is 5.60 Å². The van der Waals surface area contributed by atoms with Crippen molar-refractivity contribution in [1.29, 1.82) is 0 Å². The molecular formula is C50H73N3O2. The van der Waals surface area contributed by atoms with E-state index in [0.29, 0.717) is 12.0 Å². The molecule has 2 heterocycles. The number of anilines is 1. The van der Waals surface area contributed by atoms with E-state index in [4.69, 9.17) is 4.74 Å². The van der Waals surface area contributed by atoms with E-state index in [1.165, 1.54) is 40.8 Å². The maximum atomic E-state index is 13.0. The van der Waals surface area contributed by atoms with E-state index >= 15 is 0 Å². The molecule has 3 aliphatic rings. The molecule has 55 heavy (non-hydrogen) atoms. The molecule has 2 atom stereocenters. The average Bonchev–Trinajstić information content (AvgIpc) is 3.16. The lowest BCUT2D eigenvalue weighted by atomic mass is 9.83. The zero-order valence-electron chi connectivity index (χ0n) is 36.3. The molecule has 0 spiro atoms. The third-order valence-corrected chi connectivity index (χ3v) is 10.8. The normalized spacial score (nSPS) is 16.1. The minimum atomic E-state index is -0.610. The SMILES string of the molecule is CC.CC.CCCC.CCCN(c1cc(C(=O)C2=CC=C2)ccc1C)C(C)CN1CCC(c2cccc(C)c2OC(C)(C2=CC=C2)c2ccc(C)nc2)CC1.[HH]. The Morgan fingerprint density at radius 3 is 2.09 bits per heavy atom. The predicted molar refractivity (Wildman–Crippen MR) is 239 cm³/mol. The largest absolute Gasteiger partial charge is 0.477 e. The van der Waals surface area contributed by atoms with Crippen LogP contribution in [0.4, 0.5) is 5.69 Å². The van der Waals surface area contributed by atoms with Crippen LogP contribution in [0.1, 0.15) is 140 Å². The fourth-order valence-corrected chi connectivity index (χ4v) is 7.17. The van der Waals surface area contributed by atoms with Gasteiger partial charge in [-0.3, -0.25) is 9.78 Å². The van der Waals surface area contributed by atoms with E-state index in [9.17, 15) is 4.79 Å². The Kier molecular flexibility index (Phi) is 18.4. The Balaban J connectivity index is 0.00000112. The van der Waals surface area contributed by atoms with Crippen molar-refractivity contribution < 1.29 is 11.0 Å². The Morgan fingerprint density at radius 1 is 0.909 bits per heavy atom. The van der Waals surface area contributed by atoms with Crippen LogP contribution in [0.2, 0.25) is 0 Å². The van der Waals surface area contributed by atoms with Crippen LogP contribution in [0.25, 0.3) is 0 Å². The summed E-state index contributed by atoms with van der Waals surface area (Å²) in [5.74, 6) is 1.56. The van der Waals surface area contributed by atoms with Crippen molar-refractivity contribution in [3.63, 3.8) is 0 Å². The number of unbranched alkanes of at least 4 members (excludes halogenated alkanes) is 1. The first-order valence-corrected chi connectivity index (χ1v) is 21.2. The molecule has 1 aromatic heterocycles. The summed E-state index contributed by atoms with van der Waals surface area (Å²) in [5.41, 5.74) is 9.05. The number of likely N-dealkylation sites (tertiary alicyclic amines) is 1. The Hall–Kier alpha value is -4.22. The van der Waals surface area contributed by atoms with Gasteiger partial charge in [-0.15, -0.1) is 0 Å². The number of Topliss-reactive ketones (excluding diaryl/α,β-unsaturated/α-hetero) is 1. The van der Waals surface area contributed by atoms with Gasteiger partial charge >= 0.3 is 0 Å². The molecule has 2 unspecified atom stereocenters. The molecule has 1 saturated heterocycles. The fourth-order valence-electron chi connectivity index (χ4n) is 7.17. The number of carbonyl (C=O) groups excluding carboxylic acids is 1. The molecule has 300 valence electrons. The Bertz CT molecular complexity index is 1780. The van der Waals surface area contributed by atoms with Crippen molar-refractivity contribution in [3.8, 4) is 5.75 Å². The van der Waals surface area contributed by atoms with Gasteiger partial charge in [-0.1, -0.05) is 134 Å². The quantitative estimate of drug-likeness (QED) is 0.154. The van der Waals surface area contributed by atoms with Gasteiger partial charge < -0.3 is 14.5 Å². The van der Waals surface area contributed by atoms with Crippen LogP contribution < -0.4 is 9.64 Å². The van der Waals surface area contributed by atoms with E-state index in [2.05, 4.69) is 124 Å². The second-order valence-electron chi connectivity index (χ2n) is 14.7. The summed E-state index contributed by atoms with van der Waals surface area (Å²) in [6.45, 7) is 29.5. The summed E-state index contributed by atoms with van der Waals surface area (Å²) in [6, 6.07) is 17.3. The number of piperidine rings is 1. The van der Waals surface area contributed by atoms with E-state index < -0.39 is 5.60 Å². The number of hydrogen-bond donors (Lipinski definition) is 0. The summed E-state index contributed by atoms with van der Waals surface area (Å²) < 4.78 is 7.10. The number of hydrogen-bond acceptors (Lipinski definition) is 5. The molecule has 2 aromatic carbocycles. The van der Waals surface area contributed by atoms with Gasteiger partial charge in [-0.2, -0.15) is 0 Å². The number of ketones is 1. The predicted octanol–water partition coefficient (Wildman–Crippen LogP) is 13.1. The first-order valence-electron chi connectivity index (χ1n) is 21.2. The highest BCUT2D eigenvalue weighted by molar-refractivity contribution is 6.12. The first-order chi connectivity index (χ1) is 26.6. The summed E-state index contributed by atoms with van der Waals surface area (Å²) >= 11 is 0. The molecule has 1 aliphatic heterocycles. The zero-order valence-corrected chi connectivity index (χ0v) is 36.3. The monoisotopic (exact) mass is 748 g/mol. The van der Waals surface area contributed by atoms with Crippen molar-refractivity contribution in [3.05, 3.63) is 136 Å². The van der Waals surface area contributed by atoms with Crippen LogP contribution in [0.15, 0.2) is 102 Å². The number of benzene rings is 2. The Morgan fingerprint density at radius 2 is 1.56 bits per heavy atom. The number of aromatic nitrogens is 1. The fraction of sp³-hybridized carbons (Fsp3) is 0.480. The Labute approximate surface area is 336 Å². The van der Waals surface area contributed by atoms with Gasteiger partial charge in [-0.25, -0.2) is 0 Å². The van der Waals surface area contributed by atoms with Crippen molar-refractivity contribution in [1.82, 2.24) is 9.88 Å². The molecule has 0 bridgehead atoms. The molecule has 0 amide bonds. The smallest absolute Gasteiger partial charge is 0.193 e. The number of rotatable bonds is 14. The van der Waals surface area contributed by atoms with Crippen LogP contribution in [0.5, 0.6) is 5.75 Å². The van der Waals surface area contributed by atoms with Gasteiger partial charge in [0.05, 0.1) is 0 Å². The molecule has 0 saturated carbocycles. The number of carbonyl (C=O) groups is 1. The van der Waals surface area contributed by atoms with Crippen molar-refractivity contribution in [2.75, 3.05) is 31.1 Å². The summed E-state index contributed by atoms with van der Waals surface area (Å²) in [7, 11) is 0. The van der Waals surface area contributed by atoms with Crippen LogP contribution in [0.3, 0.4) is 0 Å². The number of ether oxygens (including phenoxy) is 1. The third kappa shape index (κ3) is 11.4. The van der Waals surface area contributed by atoms with Crippen molar-refractivity contribution in [2.24, 2.45) is 0 Å². The van der Waals surface area contributed by atoms with Crippen molar-refractivity contribution >= 4 is 11.5 Å². The minimum Gasteiger partial charge on any atom is -0.477 e. The molecule has 1 fully saturated rings. The first kappa shape index (κ1) is 45.2. The zero-order chi connectivity index (χ0) is 40.5. The van der Waals surface area contributed by atoms with Gasteiger partial charge in [0.2, 0.25) is 0 Å². The average molecular weight is 748 g/mol. The lowest BCUT2D eigenvalue weighted by Gasteiger charge is -2.40. The van der Waals surface area contributed by atoms with Gasteiger partial charge in [0.1, 0.15) is 5.75 Å². The molecule has 5 nitrogen and oxygen atoms in total. The highest BCUT2D eigenvalue weighted by Gasteiger charge is 2.36. The molecule has 6 rings (SSSR count). The van der Waals surface area contributed by atoms with Crippen molar-refractivity contribution in [2.45, 2.75) is 133 Å². The maximum absolute atomic E-state index is 13.0. The number of allylic oxidation sites excluding steroid dienone is 6. The van der Waals surface area contributed by atoms with Gasteiger partial charge in [0.25, 0.3) is 0 Å². The highest BCUT2D eigenvalue weighted by atomic mass is 16.5. The third-order valence-electron chi connectivity index (χ3n) is 10.8. The molecule has 2 aliphatic carbocycles. The summed E-state index contributed by atoms with van der Waals surface area (Å²) in [5, 5.41) is 0. The van der Waals surface area contributed by atoms with Gasteiger partial charge in [-0.05, 0) is 107 Å². The number of nitrogens with zero attached hydrogens (tertiary/aromatic N) is 3. The summed E-state index contributed by atoms with van der Waals surface area (Å²) in [6.07, 6.45) is 19.9. The number of pyridine rings is 1. The lowest BCUT2D eigenvalue weighted by molar-refractivity contribution is 0.103. The van der Waals surface area contributed by atoms with E-state index in [0.717, 1.165) is 73.6 Å². The second kappa shape index (κ2) is 22.4. The molecule has 0 N–H and O–H groups in total. The molecular weight excluding hydrogens is 675 g/mol. The molecule has 5 heteroatoms. The van der Waals surface area contributed by atoms with Gasteiger partial charge in [0.15, 0.2) is 11.4 Å². The standard InChI is InChI=1S/C42H49N3O2.C4H10.2C2H6.H2/c1-7-23-45(39-26-35(19-17-29(39)2)40(46)34-12-9-13-34)32(5)28-44-24-21-33(22-25-44)38-16-8-11-30(3)41(38)47-42(6,36-14-10-15-36)37-20-18-31(4)43-27-37;1-3-4-2;2*1-2;/h8-20,26-27,32-33H,7,21-25,28H2,1-6H3;3-4H2,1-2H3;2*1-2H3;1H. The van der Waals surface area contributed by atoms with Gasteiger partial charge in [0, 0.05) is 54.8 Å². The number of para-hydroxylation sites is 1. The van der Waals surface area contributed by atoms with Crippen LogP contribution >= 0.6 is 0 Å². The van der Waals surface area contributed by atoms with Crippen LogP contribution in [0, 0.1) is 20.8 Å². The van der Waals surface area contributed by atoms with Crippen LogP contribution in [-0.4, -0.2) is 47.9 Å². The highest BCUT2D eigenvalue weighted by Crippen LogP contribution is 2.43. The number of aryl methyl sites for hydroxylation is 3. The molecule has 3 aromatic rings. The van der Waals surface area contributed by atoms with E-state index in [-0.39, 0.29) is 7.21 Å². The van der Waals surface area contributed by atoms with E-state index in [1.54, 1.807) is 0 Å². The second-order valence-corrected chi connectivity index (χ2v) is 14.7.